The largest absolute Gasteiger partial charge is 0.465 e. The zero-order valence-corrected chi connectivity index (χ0v) is 10.9. The van der Waals surface area contributed by atoms with E-state index in [0.717, 1.165) is 0 Å². The molecule has 0 radical (unpaired) electrons. The van der Waals surface area contributed by atoms with E-state index in [-0.39, 0.29) is 11.1 Å². The van der Waals surface area contributed by atoms with E-state index in [0.29, 0.717) is 16.6 Å². The molecule has 0 spiro atoms. The smallest absolute Gasteiger partial charge is 0.340 e. The predicted molar refractivity (Wildman–Crippen MR) is 69.2 cm³/mol. The fourth-order valence-electron chi connectivity index (χ4n) is 2.00. The summed E-state index contributed by atoms with van der Waals surface area (Å²) in [5.41, 5.74) is 1.41. The van der Waals surface area contributed by atoms with Gasteiger partial charge in [-0.15, -0.1) is 0 Å². The molecule has 0 bridgehead atoms. The molecule has 2 aromatic rings. The number of aromatic nitrogens is 1. The van der Waals surface area contributed by atoms with Crippen LogP contribution in [0, 0.1) is 6.92 Å². The van der Waals surface area contributed by atoms with E-state index < -0.39 is 11.9 Å². The van der Waals surface area contributed by atoms with Gasteiger partial charge in [-0.05, 0) is 13.0 Å². The van der Waals surface area contributed by atoms with Crippen LogP contribution in [-0.4, -0.2) is 31.1 Å². The van der Waals surface area contributed by atoms with Gasteiger partial charge < -0.3 is 9.47 Å². The molecule has 2 rings (SSSR count). The van der Waals surface area contributed by atoms with Crippen LogP contribution in [0.25, 0.3) is 10.9 Å². The molecule has 98 valence electrons. The van der Waals surface area contributed by atoms with Gasteiger partial charge in [0.05, 0.1) is 36.6 Å². The standard InChI is InChI=1S/C14H13NO4/c1-8-11(13(16)18-2)12(14(17)19-3)9-6-4-5-7-10(9)15-8/h4-7H,1-3H3. The molecule has 5 nitrogen and oxygen atoms in total. The van der Waals surface area contributed by atoms with Crippen molar-refractivity contribution in [3.8, 4) is 0 Å². The molecular weight excluding hydrogens is 246 g/mol. The minimum atomic E-state index is -0.601. The van der Waals surface area contributed by atoms with Crippen LogP contribution in [0.2, 0.25) is 0 Å². The number of fused-ring (bicyclic) bond motifs is 1. The lowest BCUT2D eigenvalue weighted by Crippen LogP contribution is -2.15. The third-order valence-electron chi connectivity index (χ3n) is 2.85. The van der Waals surface area contributed by atoms with Crippen LogP contribution in [0.5, 0.6) is 0 Å². The molecule has 0 aliphatic heterocycles. The lowest BCUT2D eigenvalue weighted by Gasteiger charge is -2.12. The molecule has 0 aliphatic rings. The van der Waals surface area contributed by atoms with Crippen molar-refractivity contribution in [3.05, 3.63) is 41.1 Å². The number of hydrogen-bond acceptors (Lipinski definition) is 5. The monoisotopic (exact) mass is 259 g/mol. The zero-order chi connectivity index (χ0) is 14.0. The van der Waals surface area contributed by atoms with Crippen LogP contribution in [0.4, 0.5) is 0 Å². The second kappa shape index (κ2) is 5.06. The fourth-order valence-corrected chi connectivity index (χ4v) is 2.00. The summed E-state index contributed by atoms with van der Waals surface area (Å²) in [6.45, 7) is 1.66. The van der Waals surface area contributed by atoms with Gasteiger partial charge in [-0.1, -0.05) is 18.2 Å². The molecule has 1 heterocycles. The van der Waals surface area contributed by atoms with Crippen molar-refractivity contribution < 1.29 is 19.1 Å². The number of nitrogens with zero attached hydrogens (tertiary/aromatic N) is 1. The summed E-state index contributed by atoms with van der Waals surface area (Å²) in [5.74, 6) is -1.18. The van der Waals surface area contributed by atoms with E-state index in [2.05, 4.69) is 4.98 Å². The minimum absolute atomic E-state index is 0.146. The highest BCUT2D eigenvalue weighted by Crippen LogP contribution is 2.24. The molecule has 19 heavy (non-hydrogen) atoms. The molecule has 1 aromatic heterocycles. The molecule has 5 heteroatoms. The Balaban J connectivity index is 2.89. The van der Waals surface area contributed by atoms with Gasteiger partial charge in [0, 0.05) is 5.39 Å². The van der Waals surface area contributed by atoms with Gasteiger partial charge in [-0.3, -0.25) is 4.98 Å². The number of ether oxygens (including phenoxy) is 2. The Bertz CT molecular complexity index is 664. The van der Waals surface area contributed by atoms with E-state index in [1.807, 2.05) is 6.07 Å². The van der Waals surface area contributed by atoms with Crippen molar-refractivity contribution in [2.45, 2.75) is 6.92 Å². The summed E-state index contributed by atoms with van der Waals surface area (Å²) in [4.78, 5) is 28.1. The second-order valence-electron chi connectivity index (χ2n) is 3.95. The van der Waals surface area contributed by atoms with Crippen LogP contribution in [0.3, 0.4) is 0 Å². The average molecular weight is 259 g/mol. The van der Waals surface area contributed by atoms with Gasteiger partial charge in [0.2, 0.25) is 0 Å². The number of carbonyl (C=O) groups excluding carboxylic acids is 2. The van der Waals surface area contributed by atoms with Crippen molar-refractivity contribution in [2.24, 2.45) is 0 Å². The molecule has 0 saturated heterocycles. The third-order valence-corrected chi connectivity index (χ3v) is 2.85. The van der Waals surface area contributed by atoms with E-state index in [4.69, 9.17) is 9.47 Å². The predicted octanol–water partition coefficient (Wildman–Crippen LogP) is 2.12. The van der Waals surface area contributed by atoms with Crippen LogP contribution in [0.15, 0.2) is 24.3 Å². The number of aryl methyl sites for hydroxylation is 1. The van der Waals surface area contributed by atoms with E-state index in [1.165, 1.54) is 14.2 Å². The Hall–Kier alpha value is -2.43. The van der Waals surface area contributed by atoms with Gasteiger partial charge in [0.25, 0.3) is 0 Å². The van der Waals surface area contributed by atoms with E-state index in [9.17, 15) is 9.59 Å². The van der Waals surface area contributed by atoms with Gasteiger partial charge >= 0.3 is 11.9 Å². The first-order valence-electron chi connectivity index (χ1n) is 5.66. The number of benzene rings is 1. The summed E-state index contributed by atoms with van der Waals surface area (Å²) >= 11 is 0. The molecule has 0 aliphatic carbocycles. The van der Waals surface area contributed by atoms with Crippen molar-refractivity contribution in [2.75, 3.05) is 14.2 Å². The topological polar surface area (TPSA) is 65.5 Å². The Morgan fingerprint density at radius 1 is 1.00 bits per heavy atom. The van der Waals surface area contributed by atoms with Gasteiger partial charge in [-0.2, -0.15) is 0 Å². The Kier molecular flexibility index (Phi) is 3.46. The number of carbonyl (C=O) groups is 2. The molecule has 0 atom stereocenters. The minimum Gasteiger partial charge on any atom is -0.465 e. The highest BCUT2D eigenvalue weighted by Gasteiger charge is 2.24. The van der Waals surface area contributed by atoms with Crippen LogP contribution in [-0.2, 0) is 9.47 Å². The molecule has 1 aromatic carbocycles. The van der Waals surface area contributed by atoms with Gasteiger partial charge in [0.15, 0.2) is 0 Å². The molecule has 0 saturated carbocycles. The first-order chi connectivity index (χ1) is 9.10. The number of hydrogen-bond donors (Lipinski definition) is 0. The molecular formula is C14H13NO4. The average Bonchev–Trinajstić information content (AvgIpc) is 2.44. The normalized spacial score (nSPS) is 10.3. The van der Waals surface area contributed by atoms with Crippen molar-refractivity contribution in [3.63, 3.8) is 0 Å². The maximum absolute atomic E-state index is 12.0. The summed E-state index contributed by atoms with van der Waals surface area (Å²) in [7, 11) is 2.53. The first kappa shape index (κ1) is 13.0. The number of pyridine rings is 1. The molecule has 0 N–H and O–H groups in total. The SMILES string of the molecule is COC(=O)c1c(C)nc2ccccc2c1C(=O)OC. The van der Waals surface area contributed by atoms with E-state index >= 15 is 0 Å². The Labute approximate surface area is 110 Å². The van der Waals surface area contributed by atoms with Crippen LogP contribution >= 0.6 is 0 Å². The Morgan fingerprint density at radius 2 is 1.58 bits per heavy atom. The third kappa shape index (κ3) is 2.14. The quantitative estimate of drug-likeness (QED) is 0.773. The zero-order valence-electron chi connectivity index (χ0n) is 10.9. The van der Waals surface area contributed by atoms with Gasteiger partial charge in [0.1, 0.15) is 0 Å². The highest BCUT2D eigenvalue weighted by atomic mass is 16.5. The maximum Gasteiger partial charge on any atom is 0.340 e. The lowest BCUT2D eigenvalue weighted by molar-refractivity contribution is 0.0556. The van der Waals surface area contributed by atoms with Crippen molar-refractivity contribution in [1.82, 2.24) is 4.98 Å². The summed E-state index contributed by atoms with van der Waals surface area (Å²) in [6.07, 6.45) is 0. The lowest BCUT2D eigenvalue weighted by atomic mass is 10.0. The second-order valence-corrected chi connectivity index (χ2v) is 3.95. The summed E-state index contributed by atoms with van der Waals surface area (Å²) in [5, 5.41) is 0.570. The highest BCUT2D eigenvalue weighted by molar-refractivity contribution is 6.12. The molecule has 0 amide bonds. The summed E-state index contributed by atoms with van der Waals surface area (Å²) in [6, 6.07) is 7.08. The van der Waals surface area contributed by atoms with Crippen molar-refractivity contribution in [1.29, 1.82) is 0 Å². The Morgan fingerprint density at radius 3 is 2.21 bits per heavy atom. The molecule has 0 unspecified atom stereocenters. The number of para-hydroxylation sites is 1. The van der Waals surface area contributed by atoms with Crippen LogP contribution in [0.1, 0.15) is 26.4 Å². The number of esters is 2. The van der Waals surface area contributed by atoms with E-state index in [1.54, 1.807) is 25.1 Å². The summed E-state index contributed by atoms with van der Waals surface area (Å²) < 4.78 is 9.47. The van der Waals surface area contributed by atoms with Gasteiger partial charge in [-0.25, -0.2) is 9.59 Å². The van der Waals surface area contributed by atoms with Crippen LogP contribution < -0.4 is 0 Å². The number of methoxy groups -OCH3 is 2. The number of rotatable bonds is 2. The fraction of sp³-hybridized carbons (Fsp3) is 0.214. The first-order valence-corrected chi connectivity index (χ1v) is 5.66. The molecule has 0 fully saturated rings. The maximum atomic E-state index is 12.0. The van der Waals surface area contributed by atoms with Crippen molar-refractivity contribution >= 4 is 22.8 Å².